The third-order valence-corrected chi connectivity index (χ3v) is 8.92. The Morgan fingerprint density at radius 1 is 1.18 bits per heavy atom. The van der Waals surface area contributed by atoms with E-state index in [2.05, 4.69) is 22.4 Å². The lowest BCUT2D eigenvalue weighted by molar-refractivity contribution is -0.122. The molecule has 0 fully saturated rings. The molecule has 4 rings (SSSR count). The van der Waals surface area contributed by atoms with E-state index in [0.717, 1.165) is 27.6 Å². The lowest BCUT2D eigenvalue weighted by atomic mass is 10.1. The molecule has 0 radical (unpaired) electrons. The normalized spacial score (nSPS) is 15.6. The summed E-state index contributed by atoms with van der Waals surface area (Å²) in [5, 5.41) is 11.1. The van der Waals surface area contributed by atoms with Gasteiger partial charge >= 0.3 is 0 Å². The summed E-state index contributed by atoms with van der Waals surface area (Å²) in [4.78, 5) is 13.2. The monoisotopic (exact) mass is 504 g/mol. The van der Waals surface area contributed by atoms with E-state index in [-0.39, 0.29) is 11.4 Å². The number of fused-ring (bicyclic) bond motifs is 1. The topological polar surface area (TPSA) is 101 Å². The molecule has 3 aromatic rings. The fourth-order valence-electron chi connectivity index (χ4n) is 3.26. The summed E-state index contributed by atoms with van der Waals surface area (Å²) in [6, 6.07) is 11.9. The van der Waals surface area contributed by atoms with Gasteiger partial charge in [0.15, 0.2) is 10.4 Å². The van der Waals surface area contributed by atoms with Gasteiger partial charge in [-0.1, -0.05) is 53.8 Å². The van der Waals surface area contributed by atoms with E-state index in [1.807, 2.05) is 19.9 Å². The molecular weight excluding hydrogens is 480 g/mol. The Bertz CT molecular complexity index is 1260. The molecule has 174 valence electrons. The van der Waals surface area contributed by atoms with Crippen molar-refractivity contribution in [2.24, 2.45) is 0 Å². The van der Waals surface area contributed by atoms with Gasteiger partial charge in [-0.05, 0) is 50.1 Å². The predicted octanol–water partition coefficient (Wildman–Crippen LogP) is 4.25. The molecule has 0 bridgehead atoms. The zero-order valence-corrected chi connectivity index (χ0v) is 20.9. The van der Waals surface area contributed by atoms with Crippen molar-refractivity contribution >= 4 is 49.8 Å². The van der Waals surface area contributed by atoms with Crippen LogP contribution in [0.15, 0.2) is 51.7 Å². The lowest BCUT2D eigenvalue weighted by Gasteiger charge is -2.34. The number of hydrogen-bond donors (Lipinski definition) is 1. The Hall–Kier alpha value is -2.63. The number of carbonyl (C=O) groups is 1. The number of benzene rings is 2. The molecule has 1 unspecified atom stereocenters. The summed E-state index contributed by atoms with van der Waals surface area (Å²) >= 11 is 2.85. The maximum Gasteiger partial charge on any atom is 0.269 e. The zero-order chi connectivity index (χ0) is 23.6. The van der Waals surface area contributed by atoms with Crippen LogP contribution in [0.3, 0.4) is 0 Å². The fraction of sp³-hybridized carbons (Fsp3) is 0.318. The predicted molar refractivity (Wildman–Crippen MR) is 131 cm³/mol. The third kappa shape index (κ3) is 5.15. The standard InChI is InChI=1S/C22H24N4O4S3/c1-4-11-31-22-25-24-21(32-22)23-20(27)19-13-26(17-12-15(3)7-10-18(17)30-19)33(28,29)16-8-5-14(2)6-9-16/h5-10,12,19H,4,11,13H2,1-3H3,(H,23,24,27). The number of rotatable bonds is 7. The van der Waals surface area contributed by atoms with Crippen LogP contribution in [0, 0.1) is 13.8 Å². The molecule has 1 atom stereocenters. The molecular formula is C22H24N4O4S3. The van der Waals surface area contributed by atoms with Crippen LogP contribution in [0.5, 0.6) is 5.75 Å². The van der Waals surface area contributed by atoms with Crippen molar-refractivity contribution in [3.05, 3.63) is 53.6 Å². The number of ether oxygens (including phenoxy) is 1. The molecule has 11 heteroatoms. The highest BCUT2D eigenvalue weighted by atomic mass is 32.2. The van der Waals surface area contributed by atoms with Crippen molar-refractivity contribution in [3.8, 4) is 5.75 Å². The van der Waals surface area contributed by atoms with E-state index in [4.69, 9.17) is 4.74 Å². The number of nitrogens with zero attached hydrogens (tertiary/aromatic N) is 3. The minimum absolute atomic E-state index is 0.156. The van der Waals surface area contributed by atoms with Crippen LogP contribution in [0.1, 0.15) is 24.5 Å². The SMILES string of the molecule is CCCSc1nnc(NC(=O)C2CN(S(=O)(=O)c3ccc(C)cc3)c3cc(C)ccc3O2)s1. The molecule has 0 saturated heterocycles. The molecule has 1 aromatic heterocycles. The number of hydrogen-bond acceptors (Lipinski definition) is 8. The minimum atomic E-state index is -3.91. The number of aryl methyl sites for hydroxylation is 2. The van der Waals surface area contributed by atoms with Gasteiger partial charge < -0.3 is 4.74 Å². The van der Waals surface area contributed by atoms with Crippen LogP contribution in [-0.2, 0) is 14.8 Å². The van der Waals surface area contributed by atoms with Gasteiger partial charge in [0.1, 0.15) is 5.75 Å². The van der Waals surface area contributed by atoms with E-state index in [1.165, 1.54) is 15.6 Å². The fourth-order valence-corrected chi connectivity index (χ4v) is 6.40. The molecule has 2 heterocycles. The van der Waals surface area contributed by atoms with Crippen LogP contribution in [-0.4, -0.2) is 42.9 Å². The van der Waals surface area contributed by atoms with Crippen LogP contribution >= 0.6 is 23.1 Å². The summed E-state index contributed by atoms with van der Waals surface area (Å²) in [7, 11) is -3.91. The number of anilines is 2. The number of sulfonamides is 1. The van der Waals surface area contributed by atoms with E-state index in [0.29, 0.717) is 16.6 Å². The molecule has 8 nitrogen and oxygen atoms in total. The number of thioether (sulfide) groups is 1. The van der Waals surface area contributed by atoms with E-state index in [1.54, 1.807) is 48.2 Å². The van der Waals surface area contributed by atoms with Crippen LogP contribution in [0.2, 0.25) is 0 Å². The van der Waals surface area contributed by atoms with Gasteiger partial charge in [-0.15, -0.1) is 10.2 Å². The number of nitrogens with one attached hydrogen (secondary N) is 1. The largest absolute Gasteiger partial charge is 0.476 e. The molecule has 0 spiro atoms. The van der Waals surface area contributed by atoms with Gasteiger partial charge in [-0.2, -0.15) is 0 Å². The first-order valence-electron chi connectivity index (χ1n) is 10.4. The van der Waals surface area contributed by atoms with Gasteiger partial charge in [0.25, 0.3) is 15.9 Å². The summed E-state index contributed by atoms with van der Waals surface area (Å²) in [5.74, 6) is 0.767. The number of carbonyl (C=O) groups excluding carboxylic acids is 1. The first-order valence-corrected chi connectivity index (χ1v) is 13.7. The Balaban J connectivity index is 1.61. The highest BCUT2D eigenvalue weighted by Crippen LogP contribution is 2.38. The van der Waals surface area contributed by atoms with E-state index >= 15 is 0 Å². The second-order valence-electron chi connectivity index (χ2n) is 7.64. The molecule has 33 heavy (non-hydrogen) atoms. The van der Waals surface area contributed by atoms with Crippen molar-refractivity contribution in [2.75, 3.05) is 21.9 Å². The quantitative estimate of drug-likeness (QED) is 0.379. The van der Waals surface area contributed by atoms with Gasteiger partial charge in [0.05, 0.1) is 17.1 Å². The van der Waals surface area contributed by atoms with Gasteiger partial charge in [0, 0.05) is 5.75 Å². The van der Waals surface area contributed by atoms with Crippen molar-refractivity contribution in [1.82, 2.24) is 10.2 Å². The average molecular weight is 505 g/mol. The molecule has 0 aliphatic carbocycles. The first-order chi connectivity index (χ1) is 15.8. The van der Waals surface area contributed by atoms with Gasteiger partial charge in [0.2, 0.25) is 5.13 Å². The lowest BCUT2D eigenvalue weighted by Crippen LogP contribution is -2.48. The summed E-state index contributed by atoms with van der Waals surface area (Å²) in [6.07, 6.45) is -0.0393. The first kappa shape index (κ1) is 23.5. The molecule has 1 amide bonds. The van der Waals surface area contributed by atoms with E-state index in [9.17, 15) is 13.2 Å². The van der Waals surface area contributed by atoms with Crippen LogP contribution < -0.4 is 14.4 Å². The highest BCUT2D eigenvalue weighted by Gasteiger charge is 2.38. The smallest absolute Gasteiger partial charge is 0.269 e. The zero-order valence-electron chi connectivity index (χ0n) is 18.4. The van der Waals surface area contributed by atoms with Crippen molar-refractivity contribution < 1.29 is 17.9 Å². The number of amides is 1. The van der Waals surface area contributed by atoms with Gasteiger partial charge in [-0.25, -0.2) is 8.42 Å². The van der Waals surface area contributed by atoms with Crippen molar-refractivity contribution in [1.29, 1.82) is 0 Å². The Labute approximate surface area is 201 Å². The Morgan fingerprint density at radius 3 is 2.64 bits per heavy atom. The second-order valence-corrected chi connectivity index (χ2v) is 11.8. The maximum atomic E-state index is 13.5. The second kappa shape index (κ2) is 9.70. The average Bonchev–Trinajstić information content (AvgIpc) is 3.24. The summed E-state index contributed by atoms with van der Waals surface area (Å²) < 4.78 is 35.0. The molecule has 1 N–H and O–H groups in total. The van der Waals surface area contributed by atoms with E-state index < -0.39 is 22.0 Å². The van der Waals surface area contributed by atoms with Crippen molar-refractivity contribution in [2.45, 2.75) is 42.5 Å². The van der Waals surface area contributed by atoms with Crippen molar-refractivity contribution in [3.63, 3.8) is 0 Å². The Morgan fingerprint density at radius 2 is 1.91 bits per heavy atom. The minimum Gasteiger partial charge on any atom is -0.476 e. The summed E-state index contributed by atoms with van der Waals surface area (Å²) in [5.41, 5.74) is 2.25. The number of aromatic nitrogens is 2. The Kier molecular flexibility index (Phi) is 6.91. The van der Waals surface area contributed by atoms with Crippen LogP contribution in [0.4, 0.5) is 10.8 Å². The molecule has 2 aromatic carbocycles. The maximum absolute atomic E-state index is 13.5. The molecule has 1 aliphatic rings. The highest BCUT2D eigenvalue weighted by molar-refractivity contribution is 8.01. The molecule has 1 aliphatic heterocycles. The van der Waals surface area contributed by atoms with Gasteiger partial charge in [-0.3, -0.25) is 14.4 Å². The summed E-state index contributed by atoms with van der Waals surface area (Å²) in [6.45, 7) is 5.69. The molecule has 0 saturated carbocycles. The third-order valence-electron chi connectivity index (χ3n) is 4.95. The van der Waals surface area contributed by atoms with Crippen LogP contribution in [0.25, 0.3) is 0 Å².